The van der Waals surface area contributed by atoms with Crippen LogP contribution in [0.1, 0.15) is 36.7 Å². The van der Waals surface area contributed by atoms with Crippen LogP contribution < -0.4 is 0 Å². The molecule has 0 spiro atoms. The van der Waals surface area contributed by atoms with Gasteiger partial charge < -0.3 is 0 Å². The van der Waals surface area contributed by atoms with Crippen LogP contribution in [0.4, 0.5) is 0 Å². The van der Waals surface area contributed by atoms with Crippen molar-refractivity contribution < 1.29 is 0 Å². The number of unbranched alkanes of at least 4 members (excludes halogenated alkanes) is 1. The molecule has 0 atom stereocenters. The van der Waals surface area contributed by atoms with Gasteiger partial charge in [0.05, 0.1) is 12.2 Å². The summed E-state index contributed by atoms with van der Waals surface area (Å²) in [5.74, 6) is 0. The van der Waals surface area contributed by atoms with Crippen molar-refractivity contribution in [1.29, 1.82) is 5.26 Å². The molecule has 2 aromatic rings. The lowest BCUT2D eigenvalue weighted by molar-refractivity contribution is 0.606. The Morgan fingerprint density at radius 1 is 1.32 bits per heavy atom. The minimum Gasteiger partial charge on any atom is -0.244 e. The van der Waals surface area contributed by atoms with Gasteiger partial charge in [-0.05, 0) is 30.5 Å². The van der Waals surface area contributed by atoms with Crippen LogP contribution in [0.2, 0.25) is 0 Å². The third kappa shape index (κ3) is 3.42. The Morgan fingerprint density at radius 2 is 2.05 bits per heavy atom. The molecular weight excluding hydrogens is 304 g/mol. The van der Waals surface area contributed by atoms with Gasteiger partial charge in [-0.25, -0.2) is 4.68 Å². The molecular formula is C14H15BrN4. The van der Waals surface area contributed by atoms with Crippen LogP contribution in [0.5, 0.6) is 0 Å². The van der Waals surface area contributed by atoms with E-state index in [1.165, 1.54) is 0 Å². The first-order valence-electron chi connectivity index (χ1n) is 6.31. The average Bonchev–Trinajstić information content (AvgIpc) is 2.81. The summed E-state index contributed by atoms with van der Waals surface area (Å²) in [4.78, 5) is 0. The summed E-state index contributed by atoms with van der Waals surface area (Å²) in [6.45, 7) is 2.79. The second kappa shape index (κ2) is 6.48. The van der Waals surface area contributed by atoms with Gasteiger partial charge in [0, 0.05) is 4.47 Å². The highest BCUT2D eigenvalue weighted by Crippen LogP contribution is 2.14. The molecule has 0 aliphatic carbocycles. The molecule has 4 nitrogen and oxygen atoms in total. The van der Waals surface area contributed by atoms with E-state index in [1.807, 2.05) is 28.9 Å². The van der Waals surface area contributed by atoms with Crippen molar-refractivity contribution in [3.63, 3.8) is 0 Å². The second-order valence-corrected chi connectivity index (χ2v) is 5.30. The molecule has 5 heteroatoms. The van der Waals surface area contributed by atoms with Gasteiger partial charge in [0.1, 0.15) is 6.07 Å². The van der Waals surface area contributed by atoms with Gasteiger partial charge in [-0.1, -0.05) is 46.6 Å². The van der Waals surface area contributed by atoms with Crippen molar-refractivity contribution >= 4 is 15.9 Å². The lowest BCUT2D eigenvalue weighted by atomic mass is 10.1. The molecule has 98 valence electrons. The van der Waals surface area contributed by atoms with E-state index in [2.05, 4.69) is 39.2 Å². The van der Waals surface area contributed by atoms with Gasteiger partial charge >= 0.3 is 0 Å². The van der Waals surface area contributed by atoms with Crippen molar-refractivity contribution in [3.8, 4) is 6.07 Å². The molecule has 1 heterocycles. The SMILES string of the molecule is CCCCc1c(C#N)nnn1Cc1ccc(Br)cc1. The van der Waals surface area contributed by atoms with Crippen LogP contribution in [0.3, 0.4) is 0 Å². The fourth-order valence-corrected chi connectivity index (χ4v) is 2.17. The van der Waals surface area contributed by atoms with Crippen LogP contribution in [0.25, 0.3) is 0 Å². The van der Waals surface area contributed by atoms with Gasteiger partial charge in [0.25, 0.3) is 0 Å². The fraction of sp³-hybridized carbons (Fsp3) is 0.357. The standard InChI is InChI=1S/C14H15BrN4/c1-2-3-4-14-13(9-16)17-18-19(14)10-11-5-7-12(15)8-6-11/h5-8H,2-4,10H2,1H3. The molecule has 0 saturated heterocycles. The topological polar surface area (TPSA) is 54.5 Å². The van der Waals surface area contributed by atoms with Crippen molar-refractivity contribution in [3.05, 3.63) is 45.7 Å². The molecule has 2 rings (SSSR count). The zero-order chi connectivity index (χ0) is 13.7. The number of rotatable bonds is 5. The Morgan fingerprint density at radius 3 is 2.68 bits per heavy atom. The summed E-state index contributed by atoms with van der Waals surface area (Å²) < 4.78 is 2.89. The normalized spacial score (nSPS) is 10.4. The molecule has 0 aliphatic rings. The zero-order valence-corrected chi connectivity index (χ0v) is 12.4. The van der Waals surface area contributed by atoms with Crippen LogP contribution in [-0.4, -0.2) is 15.0 Å². The minimum absolute atomic E-state index is 0.450. The van der Waals surface area contributed by atoms with E-state index in [0.717, 1.165) is 35.0 Å². The predicted molar refractivity (Wildman–Crippen MR) is 76.6 cm³/mol. The van der Waals surface area contributed by atoms with E-state index in [1.54, 1.807) is 0 Å². The number of benzene rings is 1. The molecule has 0 bridgehead atoms. The van der Waals surface area contributed by atoms with Gasteiger partial charge in [-0.3, -0.25) is 0 Å². The smallest absolute Gasteiger partial charge is 0.185 e. The van der Waals surface area contributed by atoms with E-state index in [4.69, 9.17) is 5.26 Å². The number of nitrogens with zero attached hydrogens (tertiary/aromatic N) is 4. The van der Waals surface area contributed by atoms with E-state index >= 15 is 0 Å². The lowest BCUT2D eigenvalue weighted by Crippen LogP contribution is -2.07. The summed E-state index contributed by atoms with van der Waals surface area (Å²) >= 11 is 3.42. The monoisotopic (exact) mass is 318 g/mol. The Labute approximate surface area is 121 Å². The highest BCUT2D eigenvalue weighted by Gasteiger charge is 2.12. The molecule has 0 radical (unpaired) electrons. The predicted octanol–water partition coefficient (Wildman–Crippen LogP) is 3.30. The maximum atomic E-state index is 9.06. The molecule has 0 saturated carbocycles. The van der Waals surface area contributed by atoms with Crippen molar-refractivity contribution in [2.75, 3.05) is 0 Å². The number of hydrogen-bond donors (Lipinski definition) is 0. The minimum atomic E-state index is 0.450. The zero-order valence-electron chi connectivity index (χ0n) is 10.8. The van der Waals surface area contributed by atoms with E-state index in [0.29, 0.717) is 12.2 Å². The quantitative estimate of drug-likeness (QED) is 0.849. The molecule has 0 amide bonds. The van der Waals surface area contributed by atoms with Crippen LogP contribution in [0.15, 0.2) is 28.7 Å². The van der Waals surface area contributed by atoms with Crippen LogP contribution >= 0.6 is 15.9 Å². The van der Waals surface area contributed by atoms with Gasteiger partial charge in [-0.2, -0.15) is 5.26 Å². The number of nitriles is 1. The Kier molecular flexibility index (Phi) is 4.69. The van der Waals surface area contributed by atoms with Crippen molar-refractivity contribution in [2.24, 2.45) is 0 Å². The third-order valence-corrected chi connectivity index (χ3v) is 3.48. The summed E-state index contributed by atoms with van der Waals surface area (Å²) in [5, 5.41) is 17.1. The molecule has 1 aromatic carbocycles. The van der Waals surface area contributed by atoms with Gasteiger partial charge in [-0.15, -0.1) is 5.10 Å². The largest absolute Gasteiger partial charge is 0.244 e. The van der Waals surface area contributed by atoms with Crippen LogP contribution in [0, 0.1) is 11.3 Å². The van der Waals surface area contributed by atoms with Crippen molar-refractivity contribution in [1.82, 2.24) is 15.0 Å². The number of hydrogen-bond acceptors (Lipinski definition) is 3. The molecule has 0 fully saturated rings. The lowest BCUT2D eigenvalue weighted by Gasteiger charge is -2.06. The van der Waals surface area contributed by atoms with Crippen LogP contribution in [-0.2, 0) is 13.0 Å². The van der Waals surface area contributed by atoms with Gasteiger partial charge in [0.15, 0.2) is 5.69 Å². The average molecular weight is 319 g/mol. The summed E-state index contributed by atoms with van der Waals surface area (Å²) in [6, 6.07) is 10.2. The summed E-state index contributed by atoms with van der Waals surface area (Å²) in [5.41, 5.74) is 2.54. The van der Waals surface area contributed by atoms with Gasteiger partial charge in [0.2, 0.25) is 0 Å². The highest BCUT2D eigenvalue weighted by molar-refractivity contribution is 9.10. The molecule has 1 aromatic heterocycles. The first kappa shape index (κ1) is 13.8. The van der Waals surface area contributed by atoms with E-state index in [-0.39, 0.29) is 0 Å². The second-order valence-electron chi connectivity index (χ2n) is 4.38. The molecule has 19 heavy (non-hydrogen) atoms. The number of aromatic nitrogens is 3. The highest BCUT2D eigenvalue weighted by atomic mass is 79.9. The first-order chi connectivity index (χ1) is 9.24. The maximum Gasteiger partial charge on any atom is 0.185 e. The Hall–Kier alpha value is -1.67. The third-order valence-electron chi connectivity index (χ3n) is 2.96. The maximum absolute atomic E-state index is 9.06. The van der Waals surface area contributed by atoms with E-state index in [9.17, 15) is 0 Å². The molecule has 0 unspecified atom stereocenters. The first-order valence-corrected chi connectivity index (χ1v) is 7.10. The Bertz CT molecular complexity index is 580. The summed E-state index contributed by atoms with van der Waals surface area (Å²) in [7, 11) is 0. The molecule has 0 aliphatic heterocycles. The van der Waals surface area contributed by atoms with Crippen molar-refractivity contribution in [2.45, 2.75) is 32.7 Å². The fourth-order valence-electron chi connectivity index (χ4n) is 1.90. The number of halogens is 1. The Balaban J connectivity index is 2.22. The van der Waals surface area contributed by atoms with E-state index < -0.39 is 0 Å². The summed E-state index contributed by atoms with van der Waals surface area (Å²) in [6.07, 6.45) is 2.99. The molecule has 0 N–H and O–H groups in total.